The fraction of sp³-hybridized carbons (Fsp3) is 0. The third-order valence-electron chi connectivity index (χ3n) is 12.0. The van der Waals surface area contributed by atoms with Gasteiger partial charge in [0.05, 0.1) is 11.0 Å². The van der Waals surface area contributed by atoms with Gasteiger partial charge in [-0.25, -0.2) is 15.0 Å². The summed E-state index contributed by atoms with van der Waals surface area (Å²) < 4.78 is 2.44. The summed E-state index contributed by atoms with van der Waals surface area (Å²) in [6.07, 6.45) is 0. The molecule has 61 heavy (non-hydrogen) atoms. The zero-order valence-electron chi connectivity index (χ0n) is 33.1. The molecule has 0 aliphatic rings. The fourth-order valence-corrected chi connectivity index (χ4v) is 9.25. The van der Waals surface area contributed by atoms with Gasteiger partial charge in [-0.05, 0) is 79.3 Å². The maximum absolute atomic E-state index is 5.06. The first kappa shape index (κ1) is 34.8. The molecule has 12 rings (SSSR count). The SMILES string of the molecule is c1ccc(-c2nc(-c3ccccc3)nc(-c3ccc4c5ccc(-c6cccc7c6c6cccc(-c8ccccc8)c6n7-c6ccccc6)cc5c5ccccc5c4c3)n2)cc1. The number of aromatic nitrogens is 4. The second kappa shape index (κ2) is 14.3. The molecular weight excluding hydrogens is 741 g/mol. The van der Waals surface area contributed by atoms with Crippen molar-refractivity contribution < 1.29 is 0 Å². The van der Waals surface area contributed by atoms with Crippen molar-refractivity contribution in [2.75, 3.05) is 0 Å². The molecule has 0 unspecified atom stereocenters. The minimum absolute atomic E-state index is 0.646. The number of hydrogen-bond donors (Lipinski definition) is 0. The van der Waals surface area contributed by atoms with Crippen LogP contribution in [0.5, 0.6) is 0 Å². The van der Waals surface area contributed by atoms with Crippen LogP contribution in [0.2, 0.25) is 0 Å². The molecule has 0 amide bonds. The lowest BCUT2D eigenvalue weighted by atomic mass is 9.90. The highest BCUT2D eigenvalue weighted by atomic mass is 15.0. The normalized spacial score (nSPS) is 11.6. The van der Waals surface area contributed by atoms with Crippen LogP contribution in [0.3, 0.4) is 0 Å². The minimum atomic E-state index is 0.646. The molecule has 0 spiro atoms. The van der Waals surface area contributed by atoms with Crippen LogP contribution in [-0.2, 0) is 0 Å². The molecule has 0 atom stereocenters. The highest BCUT2D eigenvalue weighted by Gasteiger charge is 2.21. The van der Waals surface area contributed by atoms with Crippen molar-refractivity contribution >= 4 is 54.1 Å². The Hall–Kier alpha value is -8.21. The lowest BCUT2D eigenvalue weighted by Crippen LogP contribution is -2.00. The summed E-state index contributed by atoms with van der Waals surface area (Å²) in [5.74, 6) is 1.95. The zero-order chi connectivity index (χ0) is 40.3. The van der Waals surface area contributed by atoms with E-state index in [2.05, 4.69) is 162 Å². The van der Waals surface area contributed by atoms with E-state index in [-0.39, 0.29) is 0 Å². The second-order valence-electron chi connectivity index (χ2n) is 15.5. The van der Waals surface area contributed by atoms with Gasteiger partial charge in [0.2, 0.25) is 0 Å². The molecule has 0 saturated carbocycles. The molecule has 0 bridgehead atoms. The zero-order valence-corrected chi connectivity index (χ0v) is 33.1. The van der Waals surface area contributed by atoms with Crippen molar-refractivity contribution in [1.29, 1.82) is 0 Å². The first-order valence-electron chi connectivity index (χ1n) is 20.7. The van der Waals surface area contributed by atoms with E-state index in [1.165, 1.54) is 71.0 Å². The van der Waals surface area contributed by atoms with Gasteiger partial charge in [0.15, 0.2) is 17.5 Å². The van der Waals surface area contributed by atoms with Crippen LogP contribution >= 0.6 is 0 Å². The molecule has 4 nitrogen and oxygen atoms in total. The molecule has 0 aliphatic heterocycles. The van der Waals surface area contributed by atoms with Gasteiger partial charge in [0.1, 0.15) is 0 Å². The molecule has 2 heterocycles. The van der Waals surface area contributed by atoms with Crippen molar-refractivity contribution in [2.45, 2.75) is 0 Å². The molecular formula is C57H36N4. The summed E-state index contributed by atoms with van der Waals surface area (Å²) in [4.78, 5) is 15.1. The average Bonchev–Trinajstić information content (AvgIpc) is 3.70. The molecule has 0 aliphatic carbocycles. The number of para-hydroxylation sites is 2. The molecule has 12 aromatic rings. The van der Waals surface area contributed by atoms with Crippen LogP contribution < -0.4 is 0 Å². The average molecular weight is 777 g/mol. The molecule has 2 aromatic heterocycles. The summed E-state index contributed by atoms with van der Waals surface area (Å²) in [6, 6.07) is 77.7. The predicted molar refractivity (Wildman–Crippen MR) is 254 cm³/mol. The van der Waals surface area contributed by atoms with Gasteiger partial charge in [-0.1, -0.05) is 188 Å². The van der Waals surface area contributed by atoms with E-state index in [1.54, 1.807) is 0 Å². The Bertz CT molecular complexity index is 3540. The Morgan fingerprint density at radius 3 is 1.33 bits per heavy atom. The Morgan fingerprint density at radius 1 is 0.279 bits per heavy atom. The van der Waals surface area contributed by atoms with Gasteiger partial charge in [-0.2, -0.15) is 0 Å². The summed E-state index contributed by atoms with van der Waals surface area (Å²) in [7, 11) is 0. The van der Waals surface area contributed by atoms with Crippen molar-refractivity contribution in [2.24, 2.45) is 0 Å². The van der Waals surface area contributed by atoms with Crippen LogP contribution in [0.1, 0.15) is 0 Å². The highest BCUT2D eigenvalue weighted by Crippen LogP contribution is 2.44. The number of benzene rings is 10. The van der Waals surface area contributed by atoms with Crippen molar-refractivity contribution in [3.8, 4) is 62.1 Å². The Balaban J connectivity index is 1.06. The smallest absolute Gasteiger partial charge is 0.164 e. The fourth-order valence-electron chi connectivity index (χ4n) is 9.25. The van der Waals surface area contributed by atoms with Gasteiger partial charge in [0.25, 0.3) is 0 Å². The van der Waals surface area contributed by atoms with Crippen molar-refractivity contribution in [1.82, 2.24) is 19.5 Å². The van der Waals surface area contributed by atoms with E-state index in [9.17, 15) is 0 Å². The molecule has 0 fully saturated rings. The van der Waals surface area contributed by atoms with Crippen LogP contribution in [0.15, 0.2) is 218 Å². The molecule has 0 saturated heterocycles. The monoisotopic (exact) mass is 776 g/mol. The summed E-state index contributed by atoms with van der Waals surface area (Å²) >= 11 is 0. The number of rotatable bonds is 6. The van der Waals surface area contributed by atoms with E-state index in [0.717, 1.165) is 27.8 Å². The van der Waals surface area contributed by atoms with E-state index >= 15 is 0 Å². The van der Waals surface area contributed by atoms with Gasteiger partial charge in [-0.15, -0.1) is 0 Å². The molecule has 10 aromatic carbocycles. The number of nitrogens with zero attached hydrogens (tertiary/aromatic N) is 4. The lowest BCUT2D eigenvalue weighted by molar-refractivity contribution is 1.07. The Labute approximate surface area is 352 Å². The maximum Gasteiger partial charge on any atom is 0.164 e. The maximum atomic E-state index is 5.06. The lowest BCUT2D eigenvalue weighted by Gasteiger charge is -2.14. The third kappa shape index (κ3) is 5.80. The predicted octanol–water partition coefficient (Wildman–Crippen LogP) is 14.8. The molecule has 0 radical (unpaired) electrons. The Kier molecular flexibility index (Phi) is 8.13. The largest absolute Gasteiger partial charge is 0.309 e. The van der Waals surface area contributed by atoms with E-state index < -0.39 is 0 Å². The summed E-state index contributed by atoms with van der Waals surface area (Å²) in [5, 5.41) is 9.66. The topological polar surface area (TPSA) is 43.6 Å². The van der Waals surface area contributed by atoms with Crippen LogP contribution in [-0.4, -0.2) is 19.5 Å². The minimum Gasteiger partial charge on any atom is -0.309 e. The van der Waals surface area contributed by atoms with Crippen LogP contribution in [0, 0.1) is 0 Å². The van der Waals surface area contributed by atoms with E-state index in [1.807, 2.05) is 60.7 Å². The molecule has 284 valence electrons. The second-order valence-corrected chi connectivity index (χ2v) is 15.5. The van der Waals surface area contributed by atoms with Gasteiger partial charge >= 0.3 is 0 Å². The van der Waals surface area contributed by atoms with Crippen molar-refractivity contribution in [3.05, 3.63) is 218 Å². The quantitative estimate of drug-likeness (QED) is 0.158. The van der Waals surface area contributed by atoms with Gasteiger partial charge in [-0.3, -0.25) is 0 Å². The van der Waals surface area contributed by atoms with Gasteiger partial charge < -0.3 is 4.57 Å². The third-order valence-corrected chi connectivity index (χ3v) is 12.0. The number of fused-ring (bicyclic) bond motifs is 9. The first-order chi connectivity index (χ1) is 30.3. The first-order valence-corrected chi connectivity index (χ1v) is 20.7. The summed E-state index contributed by atoms with van der Waals surface area (Å²) in [6.45, 7) is 0. The molecule has 4 heteroatoms. The highest BCUT2D eigenvalue weighted by molar-refractivity contribution is 6.27. The van der Waals surface area contributed by atoms with E-state index in [4.69, 9.17) is 15.0 Å². The van der Waals surface area contributed by atoms with Crippen LogP contribution in [0.4, 0.5) is 0 Å². The van der Waals surface area contributed by atoms with Gasteiger partial charge in [0, 0.05) is 38.7 Å². The Morgan fingerprint density at radius 2 is 0.721 bits per heavy atom. The standard InChI is InChI=1S/C57H36N4/c1-5-17-37(18-6-1)44-28-15-29-49-53-43(27-16-30-52(53)61(54(44)49)42-23-11-4-12-24-42)40-31-33-47-48-34-32-41(36-51(48)46-26-14-13-25-45(46)50(47)35-40)57-59-55(38-19-7-2-8-20-38)58-56(60-57)39-21-9-3-10-22-39/h1-36H. The van der Waals surface area contributed by atoms with E-state index in [0.29, 0.717) is 17.5 Å². The summed E-state index contributed by atoms with van der Waals surface area (Å²) in [5.41, 5.74) is 11.2. The van der Waals surface area contributed by atoms with Crippen molar-refractivity contribution in [3.63, 3.8) is 0 Å². The van der Waals surface area contributed by atoms with Crippen LogP contribution in [0.25, 0.3) is 116 Å². The molecule has 0 N–H and O–H groups in total. The number of hydrogen-bond acceptors (Lipinski definition) is 3.